The molecule has 7 heteroatoms. The fraction of sp³-hybridized carbons (Fsp3) is 0.500. The van der Waals surface area contributed by atoms with Gasteiger partial charge in [-0.15, -0.1) is 21.5 Å². The summed E-state index contributed by atoms with van der Waals surface area (Å²) in [6.07, 6.45) is 0. The quantitative estimate of drug-likeness (QED) is 0.807. The Labute approximate surface area is 91.3 Å². The molecule has 0 aromatic carbocycles. The standard InChI is InChI=1S/C8H12N6S/c1-6-5-15-8(10-6)4-9-3-7-11-13-14(2)12-7/h5,9H,3-4H2,1-2H3. The average Bonchev–Trinajstić information content (AvgIpc) is 2.76. The highest BCUT2D eigenvalue weighted by molar-refractivity contribution is 7.09. The third-order valence-electron chi connectivity index (χ3n) is 1.78. The predicted octanol–water partition coefficient (Wildman–Crippen LogP) is 0.265. The number of aryl methyl sites for hydroxylation is 2. The molecule has 2 aromatic heterocycles. The Bertz CT molecular complexity index is 394. The molecule has 0 bridgehead atoms. The number of aromatic nitrogens is 5. The van der Waals surface area contributed by atoms with Crippen molar-refractivity contribution in [3.63, 3.8) is 0 Å². The zero-order valence-electron chi connectivity index (χ0n) is 8.64. The lowest BCUT2D eigenvalue weighted by Crippen LogP contribution is -2.13. The molecule has 0 amide bonds. The molecule has 2 rings (SSSR count). The van der Waals surface area contributed by atoms with Gasteiger partial charge in [-0.25, -0.2) is 4.98 Å². The van der Waals surface area contributed by atoms with Crippen LogP contribution in [0.4, 0.5) is 0 Å². The van der Waals surface area contributed by atoms with Crippen LogP contribution in [0.1, 0.15) is 16.5 Å². The number of nitrogens with one attached hydrogen (secondary N) is 1. The first-order valence-electron chi connectivity index (χ1n) is 4.58. The molecule has 0 spiro atoms. The molecule has 0 radical (unpaired) electrons. The second-order valence-corrected chi connectivity index (χ2v) is 4.12. The Balaban J connectivity index is 1.80. The highest BCUT2D eigenvalue weighted by Crippen LogP contribution is 2.07. The molecule has 15 heavy (non-hydrogen) atoms. The van der Waals surface area contributed by atoms with Gasteiger partial charge in [-0.05, 0) is 12.1 Å². The van der Waals surface area contributed by atoms with Gasteiger partial charge < -0.3 is 5.32 Å². The normalized spacial score (nSPS) is 10.8. The van der Waals surface area contributed by atoms with Crippen molar-refractivity contribution in [3.05, 3.63) is 21.9 Å². The number of hydrogen-bond acceptors (Lipinski definition) is 6. The second-order valence-electron chi connectivity index (χ2n) is 3.18. The molecule has 0 saturated heterocycles. The summed E-state index contributed by atoms with van der Waals surface area (Å²) in [5, 5.41) is 18.0. The van der Waals surface area contributed by atoms with Crippen LogP contribution in [0.2, 0.25) is 0 Å². The van der Waals surface area contributed by atoms with Crippen molar-refractivity contribution in [1.29, 1.82) is 0 Å². The van der Waals surface area contributed by atoms with Gasteiger partial charge in [-0.2, -0.15) is 4.80 Å². The minimum atomic E-state index is 0.618. The van der Waals surface area contributed by atoms with Crippen molar-refractivity contribution < 1.29 is 0 Å². The fourth-order valence-electron chi connectivity index (χ4n) is 1.16. The van der Waals surface area contributed by atoms with E-state index in [0.29, 0.717) is 12.4 Å². The number of rotatable bonds is 4. The largest absolute Gasteiger partial charge is 0.303 e. The lowest BCUT2D eigenvalue weighted by molar-refractivity contribution is 0.619. The maximum atomic E-state index is 4.34. The maximum Gasteiger partial charge on any atom is 0.188 e. The van der Waals surface area contributed by atoms with Crippen LogP contribution in [0.3, 0.4) is 0 Å². The van der Waals surface area contributed by atoms with Gasteiger partial charge in [0.25, 0.3) is 0 Å². The maximum absolute atomic E-state index is 4.34. The second kappa shape index (κ2) is 4.45. The molecule has 1 N–H and O–H groups in total. The summed E-state index contributed by atoms with van der Waals surface area (Å²) < 4.78 is 0. The molecule has 0 atom stereocenters. The zero-order chi connectivity index (χ0) is 10.7. The third kappa shape index (κ3) is 2.80. The van der Waals surface area contributed by atoms with Crippen molar-refractivity contribution in [1.82, 2.24) is 30.5 Å². The Morgan fingerprint density at radius 3 is 2.93 bits per heavy atom. The van der Waals surface area contributed by atoms with Crippen LogP contribution in [0.5, 0.6) is 0 Å². The van der Waals surface area contributed by atoms with E-state index in [-0.39, 0.29) is 0 Å². The number of thiazole rings is 1. The SMILES string of the molecule is Cc1csc(CNCc2nnn(C)n2)n1. The summed E-state index contributed by atoms with van der Waals surface area (Å²) >= 11 is 1.65. The molecule has 0 aliphatic carbocycles. The number of tetrazole rings is 1. The minimum absolute atomic E-state index is 0.618. The lowest BCUT2D eigenvalue weighted by Gasteiger charge is -1.96. The van der Waals surface area contributed by atoms with Crippen LogP contribution in [0.25, 0.3) is 0 Å². The van der Waals surface area contributed by atoms with E-state index >= 15 is 0 Å². The van der Waals surface area contributed by atoms with E-state index < -0.39 is 0 Å². The molecule has 80 valence electrons. The van der Waals surface area contributed by atoms with Gasteiger partial charge in [0.15, 0.2) is 5.82 Å². The summed E-state index contributed by atoms with van der Waals surface area (Å²) in [5.41, 5.74) is 1.06. The highest BCUT2D eigenvalue weighted by atomic mass is 32.1. The summed E-state index contributed by atoms with van der Waals surface area (Å²) in [7, 11) is 1.75. The van der Waals surface area contributed by atoms with Gasteiger partial charge >= 0.3 is 0 Å². The molecule has 2 heterocycles. The summed E-state index contributed by atoms with van der Waals surface area (Å²) in [4.78, 5) is 5.79. The Morgan fingerprint density at radius 2 is 2.33 bits per heavy atom. The van der Waals surface area contributed by atoms with Gasteiger partial charge in [0, 0.05) is 17.6 Å². The van der Waals surface area contributed by atoms with Crippen LogP contribution < -0.4 is 5.32 Å². The third-order valence-corrected chi connectivity index (χ3v) is 2.74. The van der Waals surface area contributed by atoms with Crippen LogP contribution in [0.15, 0.2) is 5.38 Å². The Morgan fingerprint density at radius 1 is 1.47 bits per heavy atom. The Hall–Kier alpha value is -1.34. The number of hydrogen-bond donors (Lipinski definition) is 1. The van der Waals surface area contributed by atoms with E-state index in [1.165, 1.54) is 4.80 Å². The van der Waals surface area contributed by atoms with Crippen molar-refractivity contribution in [3.8, 4) is 0 Å². The van der Waals surface area contributed by atoms with Gasteiger partial charge in [0.2, 0.25) is 0 Å². The molecule has 0 fully saturated rings. The van der Waals surface area contributed by atoms with E-state index in [1.54, 1.807) is 18.4 Å². The predicted molar refractivity (Wildman–Crippen MR) is 56.2 cm³/mol. The molecular weight excluding hydrogens is 212 g/mol. The molecule has 2 aromatic rings. The zero-order valence-corrected chi connectivity index (χ0v) is 9.45. The van der Waals surface area contributed by atoms with Gasteiger partial charge in [-0.1, -0.05) is 0 Å². The van der Waals surface area contributed by atoms with Gasteiger partial charge in [-0.3, -0.25) is 0 Å². The molecule has 6 nitrogen and oxygen atoms in total. The van der Waals surface area contributed by atoms with E-state index in [4.69, 9.17) is 0 Å². The smallest absolute Gasteiger partial charge is 0.188 e. The van der Waals surface area contributed by atoms with E-state index in [9.17, 15) is 0 Å². The number of nitrogens with zero attached hydrogens (tertiary/aromatic N) is 5. The monoisotopic (exact) mass is 224 g/mol. The van der Waals surface area contributed by atoms with Gasteiger partial charge in [0.1, 0.15) is 5.01 Å². The topological polar surface area (TPSA) is 68.5 Å². The van der Waals surface area contributed by atoms with Crippen molar-refractivity contribution >= 4 is 11.3 Å². The summed E-state index contributed by atoms with van der Waals surface area (Å²) in [6, 6.07) is 0. The summed E-state index contributed by atoms with van der Waals surface area (Å²) in [6.45, 7) is 3.35. The summed E-state index contributed by atoms with van der Waals surface area (Å²) in [5.74, 6) is 0.700. The van der Waals surface area contributed by atoms with Crippen molar-refractivity contribution in [2.45, 2.75) is 20.0 Å². The van der Waals surface area contributed by atoms with Crippen LogP contribution in [0, 0.1) is 6.92 Å². The molecule has 0 unspecified atom stereocenters. The molecule has 0 aliphatic rings. The highest BCUT2D eigenvalue weighted by Gasteiger charge is 2.01. The van der Waals surface area contributed by atoms with Gasteiger partial charge in [0.05, 0.1) is 13.6 Å². The van der Waals surface area contributed by atoms with E-state index in [0.717, 1.165) is 17.2 Å². The van der Waals surface area contributed by atoms with Crippen molar-refractivity contribution in [2.24, 2.45) is 7.05 Å². The first-order valence-corrected chi connectivity index (χ1v) is 5.46. The van der Waals surface area contributed by atoms with Crippen molar-refractivity contribution in [2.75, 3.05) is 0 Å². The minimum Gasteiger partial charge on any atom is -0.303 e. The lowest BCUT2D eigenvalue weighted by atomic mass is 10.5. The Kier molecular flexibility index (Phi) is 3.02. The van der Waals surface area contributed by atoms with Crippen LogP contribution >= 0.6 is 11.3 Å². The first-order chi connectivity index (χ1) is 7.24. The molecular formula is C8H12N6S. The average molecular weight is 224 g/mol. The van der Waals surface area contributed by atoms with E-state index in [2.05, 4.69) is 25.7 Å². The van der Waals surface area contributed by atoms with E-state index in [1.807, 2.05) is 12.3 Å². The molecule has 0 saturated carbocycles. The van der Waals surface area contributed by atoms with Crippen LogP contribution in [-0.4, -0.2) is 25.2 Å². The fourth-order valence-corrected chi connectivity index (χ4v) is 1.90. The van der Waals surface area contributed by atoms with Crippen LogP contribution in [-0.2, 0) is 20.1 Å². The first kappa shape index (κ1) is 10.2. The molecule has 0 aliphatic heterocycles.